The molecule has 0 radical (unpaired) electrons. The molecule has 2 aliphatic rings. The normalized spacial score (nSPS) is 21.1. The van der Waals surface area contributed by atoms with Crippen LogP contribution in [0.1, 0.15) is 26.2 Å². The molecule has 0 amide bonds. The number of hydrogen-bond donors (Lipinski definition) is 0. The van der Waals surface area contributed by atoms with E-state index >= 15 is 0 Å². The highest BCUT2D eigenvalue weighted by atomic mass is 32.2. The monoisotopic (exact) mass is 303 g/mol. The average Bonchev–Trinajstić information content (AvgIpc) is 2.75. The number of carbonyl (C=O) groups is 1. The van der Waals surface area contributed by atoms with Gasteiger partial charge >= 0.3 is 6.18 Å². The zero-order chi connectivity index (χ0) is 14.8. The van der Waals surface area contributed by atoms with E-state index < -0.39 is 11.7 Å². The Bertz CT molecular complexity index is 480. The maximum atomic E-state index is 12.7. The molecule has 1 nitrogen and oxygen atoms in total. The number of hydrogen-bond acceptors (Lipinski definition) is 1. The Morgan fingerprint density at radius 3 is 2.50 bits per heavy atom. The molecule has 0 unspecified atom stereocenters. The number of carbonyl (C=O) groups excluding carboxylic acids is 1. The van der Waals surface area contributed by atoms with Crippen LogP contribution in [0.3, 0.4) is 0 Å². The van der Waals surface area contributed by atoms with Gasteiger partial charge in [0, 0.05) is 5.57 Å². The van der Waals surface area contributed by atoms with Crippen LogP contribution in [0.4, 0.5) is 13.2 Å². The summed E-state index contributed by atoms with van der Waals surface area (Å²) < 4.78 is 38.2. The third-order valence-corrected chi connectivity index (χ3v) is 5.87. The minimum absolute atomic E-state index is 0.0163. The molecule has 1 saturated heterocycles. The zero-order valence-corrected chi connectivity index (χ0v) is 12.2. The minimum Gasteiger partial charge on any atom is -0.289 e. The van der Waals surface area contributed by atoms with E-state index in [1.807, 2.05) is 0 Å². The highest BCUT2D eigenvalue weighted by Gasteiger charge is 2.33. The van der Waals surface area contributed by atoms with Crippen LogP contribution in [0, 0.1) is 0 Å². The standard InChI is InChI=1S/C15H18F3OS/c1-11-8-12(4-5-13(9-11)15(16,17)18)14(19)10-20-6-2-3-7-20/h5,8-9H,2-4,6-7,10H2,1H3/q+1. The number of allylic oxidation sites excluding steroid dienone is 6. The van der Waals surface area contributed by atoms with E-state index in [0.717, 1.165) is 23.7 Å². The molecule has 1 aliphatic heterocycles. The van der Waals surface area contributed by atoms with E-state index in [4.69, 9.17) is 0 Å². The van der Waals surface area contributed by atoms with E-state index in [-0.39, 0.29) is 23.1 Å². The van der Waals surface area contributed by atoms with Crippen LogP contribution in [-0.4, -0.2) is 29.2 Å². The van der Waals surface area contributed by atoms with Gasteiger partial charge in [0.2, 0.25) is 5.78 Å². The van der Waals surface area contributed by atoms with Gasteiger partial charge in [0.05, 0.1) is 5.57 Å². The third kappa shape index (κ3) is 4.01. The van der Waals surface area contributed by atoms with Crippen LogP contribution in [0.25, 0.3) is 0 Å². The van der Waals surface area contributed by atoms with E-state index in [1.165, 1.54) is 12.8 Å². The first kappa shape index (κ1) is 15.4. The van der Waals surface area contributed by atoms with Crippen molar-refractivity contribution in [1.82, 2.24) is 0 Å². The maximum absolute atomic E-state index is 12.7. The number of rotatable bonds is 3. The van der Waals surface area contributed by atoms with E-state index in [0.29, 0.717) is 16.9 Å². The van der Waals surface area contributed by atoms with E-state index in [2.05, 4.69) is 0 Å². The van der Waals surface area contributed by atoms with Crippen LogP contribution >= 0.6 is 0 Å². The molecule has 0 aromatic rings. The molecule has 0 saturated carbocycles. The molecular formula is C15H18F3OS+. The van der Waals surface area contributed by atoms with Crippen molar-refractivity contribution in [2.45, 2.75) is 32.4 Å². The average molecular weight is 303 g/mol. The molecule has 0 aromatic heterocycles. The Morgan fingerprint density at radius 2 is 1.90 bits per heavy atom. The summed E-state index contributed by atoms with van der Waals surface area (Å²) in [5.41, 5.74) is 0.346. The van der Waals surface area contributed by atoms with E-state index in [1.54, 1.807) is 13.0 Å². The van der Waals surface area contributed by atoms with E-state index in [9.17, 15) is 18.0 Å². The number of Topliss-reactive ketones (excluding diaryl/α,β-unsaturated/α-hetero) is 1. The van der Waals surface area contributed by atoms with Gasteiger partial charge in [-0.1, -0.05) is 17.7 Å². The van der Waals surface area contributed by atoms with Crippen molar-refractivity contribution < 1.29 is 18.0 Å². The first-order valence-electron chi connectivity index (χ1n) is 6.70. The Balaban J connectivity index is 2.08. The van der Waals surface area contributed by atoms with Gasteiger partial charge in [0.25, 0.3) is 0 Å². The SMILES string of the molecule is CC1=CC(C(F)(F)F)=CCC(C(=O)C[S+]2CCCC2)=C1. The lowest BCUT2D eigenvalue weighted by molar-refractivity contribution is -0.113. The predicted octanol–water partition coefficient (Wildman–Crippen LogP) is 3.73. The molecule has 1 heterocycles. The van der Waals surface area contributed by atoms with Crippen molar-refractivity contribution in [2.24, 2.45) is 0 Å². The Labute approximate surface area is 120 Å². The summed E-state index contributed by atoms with van der Waals surface area (Å²) in [5.74, 6) is 2.71. The largest absolute Gasteiger partial charge is 0.416 e. The molecule has 0 N–H and O–H groups in total. The molecule has 2 rings (SSSR count). The van der Waals surface area contributed by atoms with Gasteiger partial charge in [-0.05, 0) is 43.2 Å². The maximum Gasteiger partial charge on any atom is 0.416 e. The molecular weight excluding hydrogens is 285 g/mol. The van der Waals surface area contributed by atoms with Crippen molar-refractivity contribution in [3.8, 4) is 0 Å². The summed E-state index contributed by atoms with van der Waals surface area (Å²) in [6, 6.07) is 0. The lowest BCUT2D eigenvalue weighted by Crippen LogP contribution is -2.19. The fraction of sp³-hybridized carbons (Fsp3) is 0.533. The summed E-state index contributed by atoms with van der Waals surface area (Å²) >= 11 is 0. The smallest absolute Gasteiger partial charge is 0.289 e. The summed E-state index contributed by atoms with van der Waals surface area (Å²) in [4.78, 5) is 12.2. The van der Waals surface area contributed by atoms with Gasteiger partial charge in [0.15, 0.2) is 5.75 Å². The van der Waals surface area contributed by atoms with Gasteiger partial charge in [-0.25, -0.2) is 0 Å². The first-order valence-corrected chi connectivity index (χ1v) is 8.43. The van der Waals surface area contributed by atoms with Crippen molar-refractivity contribution >= 4 is 16.7 Å². The van der Waals surface area contributed by atoms with Crippen LogP contribution in [0.2, 0.25) is 0 Å². The van der Waals surface area contributed by atoms with Crippen molar-refractivity contribution in [3.05, 3.63) is 34.9 Å². The van der Waals surface area contributed by atoms with Gasteiger partial charge in [0.1, 0.15) is 11.5 Å². The predicted molar refractivity (Wildman–Crippen MR) is 76.8 cm³/mol. The Morgan fingerprint density at radius 1 is 1.25 bits per heavy atom. The number of alkyl halides is 3. The van der Waals surface area contributed by atoms with Crippen LogP contribution < -0.4 is 0 Å². The molecule has 20 heavy (non-hydrogen) atoms. The zero-order valence-electron chi connectivity index (χ0n) is 11.4. The quantitative estimate of drug-likeness (QED) is 0.726. The second-order valence-electron chi connectivity index (χ2n) is 5.21. The van der Waals surface area contributed by atoms with Crippen LogP contribution in [-0.2, 0) is 15.7 Å². The summed E-state index contributed by atoms with van der Waals surface area (Å²) in [6.45, 7) is 1.61. The molecule has 0 spiro atoms. The second-order valence-corrected chi connectivity index (χ2v) is 7.54. The summed E-state index contributed by atoms with van der Waals surface area (Å²) in [5, 5.41) is 0. The minimum atomic E-state index is -4.35. The van der Waals surface area contributed by atoms with Crippen molar-refractivity contribution in [3.63, 3.8) is 0 Å². The molecule has 110 valence electrons. The molecule has 1 fully saturated rings. The van der Waals surface area contributed by atoms with Gasteiger partial charge in [-0.2, -0.15) is 13.2 Å². The second kappa shape index (κ2) is 6.20. The summed E-state index contributed by atoms with van der Waals surface area (Å²) in [7, 11) is 0.145. The lowest BCUT2D eigenvalue weighted by Gasteiger charge is -2.07. The first-order chi connectivity index (χ1) is 9.36. The summed E-state index contributed by atoms with van der Waals surface area (Å²) in [6.07, 6.45) is 1.92. The molecule has 1 aliphatic carbocycles. The van der Waals surface area contributed by atoms with Crippen LogP contribution in [0.15, 0.2) is 34.9 Å². The lowest BCUT2D eigenvalue weighted by atomic mass is 10.1. The molecule has 5 heteroatoms. The number of ketones is 1. The fourth-order valence-electron chi connectivity index (χ4n) is 2.43. The van der Waals surface area contributed by atoms with Crippen molar-refractivity contribution in [1.29, 1.82) is 0 Å². The van der Waals surface area contributed by atoms with Gasteiger partial charge in [-0.3, -0.25) is 4.79 Å². The highest BCUT2D eigenvalue weighted by Crippen LogP contribution is 2.31. The molecule has 0 bridgehead atoms. The topological polar surface area (TPSA) is 17.1 Å². The van der Waals surface area contributed by atoms with Gasteiger partial charge < -0.3 is 0 Å². The van der Waals surface area contributed by atoms with Crippen LogP contribution in [0.5, 0.6) is 0 Å². The fourth-order valence-corrected chi connectivity index (χ4v) is 4.70. The Hall–Kier alpha value is -0.970. The molecule has 0 atom stereocenters. The highest BCUT2D eigenvalue weighted by molar-refractivity contribution is 7.97. The number of halogens is 3. The molecule has 0 aromatic carbocycles. The van der Waals surface area contributed by atoms with Gasteiger partial charge in [-0.15, -0.1) is 0 Å². The van der Waals surface area contributed by atoms with Crippen molar-refractivity contribution in [2.75, 3.05) is 17.3 Å². The third-order valence-electron chi connectivity index (χ3n) is 3.46. The Kier molecular flexibility index (Phi) is 4.78.